The van der Waals surface area contributed by atoms with E-state index in [9.17, 15) is 4.39 Å². The second kappa shape index (κ2) is 6.14. The van der Waals surface area contributed by atoms with Crippen LogP contribution in [0, 0.1) is 5.82 Å². The number of benzene rings is 2. The lowest BCUT2D eigenvalue weighted by molar-refractivity contribution is 0.331. The van der Waals surface area contributed by atoms with Gasteiger partial charge in [-0.05, 0) is 36.9 Å². The van der Waals surface area contributed by atoms with Crippen molar-refractivity contribution in [2.45, 2.75) is 13.1 Å². The molecule has 3 nitrogen and oxygen atoms in total. The summed E-state index contributed by atoms with van der Waals surface area (Å²) in [5.41, 5.74) is 3.19. The van der Waals surface area contributed by atoms with Gasteiger partial charge in [0.1, 0.15) is 18.2 Å². The van der Waals surface area contributed by atoms with Gasteiger partial charge in [-0.1, -0.05) is 18.2 Å². The minimum Gasteiger partial charge on any atom is -0.491 e. The molecule has 0 aliphatic carbocycles. The molecule has 0 bridgehead atoms. The van der Waals surface area contributed by atoms with E-state index in [0.717, 1.165) is 35.7 Å². The number of hydrogen-bond donors (Lipinski definition) is 1. The average molecular weight is 286 g/mol. The van der Waals surface area contributed by atoms with Crippen molar-refractivity contribution < 1.29 is 9.13 Å². The first kappa shape index (κ1) is 13.9. The summed E-state index contributed by atoms with van der Waals surface area (Å²) in [6.45, 7) is 2.84. The highest BCUT2D eigenvalue weighted by Crippen LogP contribution is 2.28. The highest BCUT2D eigenvalue weighted by molar-refractivity contribution is 5.55. The van der Waals surface area contributed by atoms with Crippen LogP contribution in [0.15, 0.2) is 42.5 Å². The number of hydrogen-bond acceptors (Lipinski definition) is 3. The lowest BCUT2D eigenvalue weighted by Gasteiger charge is -2.25. The van der Waals surface area contributed by atoms with E-state index in [1.165, 1.54) is 6.07 Å². The van der Waals surface area contributed by atoms with Gasteiger partial charge in [0, 0.05) is 24.3 Å². The molecule has 0 saturated carbocycles. The van der Waals surface area contributed by atoms with Crippen LogP contribution >= 0.6 is 0 Å². The van der Waals surface area contributed by atoms with Crippen LogP contribution in [0.3, 0.4) is 0 Å². The fourth-order valence-electron chi connectivity index (χ4n) is 2.73. The first-order valence-electron chi connectivity index (χ1n) is 7.16. The van der Waals surface area contributed by atoms with Crippen molar-refractivity contribution in [2.24, 2.45) is 0 Å². The Kier molecular flexibility index (Phi) is 4.06. The lowest BCUT2D eigenvalue weighted by atomic mass is 10.1. The summed E-state index contributed by atoms with van der Waals surface area (Å²) in [6.07, 6.45) is 0. The fraction of sp³-hybridized carbons (Fsp3) is 0.294. The van der Waals surface area contributed by atoms with Gasteiger partial charge in [-0.2, -0.15) is 0 Å². The van der Waals surface area contributed by atoms with Gasteiger partial charge in [-0.3, -0.25) is 0 Å². The maximum atomic E-state index is 13.5. The molecular weight excluding hydrogens is 267 g/mol. The first-order chi connectivity index (χ1) is 10.3. The molecule has 1 aliphatic rings. The Morgan fingerprint density at radius 2 is 2.10 bits per heavy atom. The van der Waals surface area contributed by atoms with Gasteiger partial charge in [-0.15, -0.1) is 0 Å². The van der Waals surface area contributed by atoms with Crippen molar-refractivity contribution in [1.29, 1.82) is 0 Å². The van der Waals surface area contributed by atoms with E-state index < -0.39 is 0 Å². The van der Waals surface area contributed by atoms with Crippen LogP contribution in [0.4, 0.5) is 10.1 Å². The molecule has 0 saturated heterocycles. The standard InChI is InChI=1S/C17H19FN2O/c1-19-11-14-10-15(18)6-7-16(14)20-8-9-21-17-5-3-2-4-13(17)12-20/h2-7,10,19H,8-9,11-12H2,1H3. The monoisotopic (exact) mass is 286 g/mol. The van der Waals surface area contributed by atoms with Crippen LogP contribution in [0.1, 0.15) is 11.1 Å². The van der Waals surface area contributed by atoms with Gasteiger partial charge in [0.2, 0.25) is 0 Å². The smallest absolute Gasteiger partial charge is 0.124 e. The predicted molar refractivity (Wildman–Crippen MR) is 82.2 cm³/mol. The SMILES string of the molecule is CNCc1cc(F)ccc1N1CCOc2ccccc2C1. The van der Waals surface area contributed by atoms with Crippen molar-refractivity contribution in [3.05, 3.63) is 59.4 Å². The van der Waals surface area contributed by atoms with Crippen molar-refractivity contribution in [3.63, 3.8) is 0 Å². The number of ether oxygens (including phenoxy) is 1. The highest BCUT2D eigenvalue weighted by atomic mass is 19.1. The number of nitrogens with one attached hydrogen (secondary N) is 1. The van der Waals surface area contributed by atoms with E-state index in [1.807, 2.05) is 31.3 Å². The Labute approximate surface area is 124 Å². The largest absolute Gasteiger partial charge is 0.491 e. The van der Waals surface area contributed by atoms with Crippen molar-refractivity contribution in [2.75, 3.05) is 25.1 Å². The van der Waals surface area contributed by atoms with Gasteiger partial charge in [-0.25, -0.2) is 4.39 Å². The number of para-hydroxylation sites is 1. The van der Waals surface area contributed by atoms with Crippen molar-refractivity contribution >= 4 is 5.69 Å². The van der Waals surface area contributed by atoms with E-state index in [4.69, 9.17) is 4.74 Å². The molecule has 21 heavy (non-hydrogen) atoms. The van der Waals surface area contributed by atoms with Crippen LogP contribution < -0.4 is 15.0 Å². The number of rotatable bonds is 3. The molecule has 2 aromatic carbocycles. The van der Waals surface area contributed by atoms with E-state index >= 15 is 0 Å². The van der Waals surface area contributed by atoms with Gasteiger partial charge >= 0.3 is 0 Å². The maximum absolute atomic E-state index is 13.5. The Hall–Kier alpha value is -2.07. The Balaban J connectivity index is 1.94. The molecule has 0 radical (unpaired) electrons. The van der Waals surface area contributed by atoms with Crippen LogP contribution in [-0.4, -0.2) is 20.2 Å². The minimum absolute atomic E-state index is 0.199. The van der Waals surface area contributed by atoms with Gasteiger partial charge in [0.05, 0.1) is 6.54 Å². The van der Waals surface area contributed by atoms with Gasteiger partial charge in [0.25, 0.3) is 0 Å². The van der Waals surface area contributed by atoms with Crippen LogP contribution in [0.5, 0.6) is 5.75 Å². The Bertz CT molecular complexity index is 630. The zero-order valence-corrected chi connectivity index (χ0v) is 12.1. The summed E-state index contributed by atoms with van der Waals surface area (Å²) >= 11 is 0. The maximum Gasteiger partial charge on any atom is 0.124 e. The molecule has 1 aliphatic heterocycles. The highest BCUT2D eigenvalue weighted by Gasteiger charge is 2.17. The van der Waals surface area contributed by atoms with Crippen LogP contribution in [-0.2, 0) is 13.1 Å². The molecule has 3 rings (SSSR count). The molecule has 0 unspecified atom stereocenters. The molecule has 4 heteroatoms. The molecule has 0 atom stereocenters. The molecule has 0 aromatic heterocycles. The average Bonchev–Trinajstić information content (AvgIpc) is 2.70. The molecular formula is C17H19FN2O. The normalized spacial score (nSPS) is 14.3. The first-order valence-corrected chi connectivity index (χ1v) is 7.16. The van der Waals surface area contributed by atoms with Crippen LogP contribution in [0.2, 0.25) is 0 Å². The number of fused-ring (bicyclic) bond motifs is 1. The zero-order valence-electron chi connectivity index (χ0n) is 12.1. The van der Waals surface area contributed by atoms with Crippen molar-refractivity contribution in [1.82, 2.24) is 5.32 Å². The van der Waals surface area contributed by atoms with Gasteiger partial charge < -0.3 is 15.0 Å². The second-order valence-corrected chi connectivity index (χ2v) is 5.18. The molecule has 0 amide bonds. The van der Waals surface area contributed by atoms with E-state index in [1.54, 1.807) is 6.07 Å². The third-order valence-corrected chi connectivity index (χ3v) is 3.70. The van der Waals surface area contributed by atoms with Gasteiger partial charge in [0.15, 0.2) is 0 Å². The molecule has 0 spiro atoms. The quantitative estimate of drug-likeness (QED) is 0.939. The number of nitrogens with zero attached hydrogens (tertiary/aromatic N) is 1. The molecule has 1 N–H and O–H groups in total. The summed E-state index contributed by atoms with van der Waals surface area (Å²) in [7, 11) is 1.87. The summed E-state index contributed by atoms with van der Waals surface area (Å²) in [5.74, 6) is 0.743. The van der Waals surface area contributed by atoms with Crippen LogP contribution in [0.25, 0.3) is 0 Å². The van der Waals surface area contributed by atoms with Crippen molar-refractivity contribution in [3.8, 4) is 5.75 Å². The molecule has 1 heterocycles. The predicted octanol–water partition coefficient (Wildman–Crippen LogP) is 2.94. The summed E-state index contributed by atoms with van der Waals surface area (Å²) < 4.78 is 19.3. The Morgan fingerprint density at radius 3 is 2.95 bits per heavy atom. The minimum atomic E-state index is -0.199. The summed E-state index contributed by atoms with van der Waals surface area (Å²) in [5, 5.41) is 3.10. The summed E-state index contributed by atoms with van der Waals surface area (Å²) in [4.78, 5) is 2.25. The van der Waals surface area contributed by atoms with E-state index in [2.05, 4.69) is 16.3 Å². The van der Waals surface area contributed by atoms with E-state index in [-0.39, 0.29) is 5.82 Å². The molecule has 110 valence electrons. The fourth-order valence-corrected chi connectivity index (χ4v) is 2.73. The second-order valence-electron chi connectivity index (χ2n) is 5.18. The lowest BCUT2D eigenvalue weighted by Crippen LogP contribution is -2.27. The summed E-state index contributed by atoms with van der Waals surface area (Å²) in [6, 6.07) is 13.1. The Morgan fingerprint density at radius 1 is 1.24 bits per heavy atom. The molecule has 0 fully saturated rings. The molecule has 2 aromatic rings. The number of halogens is 1. The third-order valence-electron chi connectivity index (χ3n) is 3.70. The third kappa shape index (κ3) is 3.00. The number of anilines is 1. The topological polar surface area (TPSA) is 24.5 Å². The zero-order chi connectivity index (χ0) is 14.7. The van der Waals surface area contributed by atoms with E-state index in [0.29, 0.717) is 13.2 Å².